The molecule has 0 amide bonds. The van der Waals surface area contributed by atoms with Gasteiger partial charge in [0.1, 0.15) is 0 Å². The average Bonchev–Trinajstić information content (AvgIpc) is 2.17. The van der Waals surface area contributed by atoms with Gasteiger partial charge < -0.3 is 5.73 Å². The summed E-state index contributed by atoms with van der Waals surface area (Å²) in [4.78, 5) is 1.26. The standard InChI is InChI=1S/C10H14ClNS/c1-13-9-4-5-10(11)8(7-9)3-2-6-12/h4-5,7H,2-3,6,12H2,1H3. The van der Waals surface area contributed by atoms with E-state index >= 15 is 0 Å². The lowest BCUT2D eigenvalue weighted by molar-refractivity contribution is 0.831. The lowest BCUT2D eigenvalue weighted by Gasteiger charge is -2.05. The quantitative estimate of drug-likeness (QED) is 0.782. The third-order valence-electron chi connectivity index (χ3n) is 1.90. The average molecular weight is 216 g/mol. The van der Waals surface area contributed by atoms with Crippen molar-refractivity contribution < 1.29 is 0 Å². The molecule has 3 heteroatoms. The SMILES string of the molecule is CSc1ccc(Cl)c(CCCN)c1. The van der Waals surface area contributed by atoms with Crippen molar-refractivity contribution in [1.29, 1.82) is 0 Å². The Labute approximate surface area is 88.7 Å². The smallest absolute Gasteiger partial charge is 0.0438 e. The Hall–Kier alpha value is -0.180. The number of nitrogens with two attached hydrogens (primary N) is 1. The fourth-order valence-electron chi connectivity index (χ4n) is 1.16. The molecule has 0 spiro atoms. The van der Waals surface area contributed by atoms with Crippen LogP contribution in [-0.4, -0.2) is 12.8 Å². The Kier molecular flexibility index (Phi) is 4.64. The molecule has 0 aromatic heterocycles. The molecule has 0 aliphatic rings. The van der Waals surface area contributed by atoms with Gasteiger partial charge in [-0.15, -0.1) is 11.8 Å². The minimum absolute atomic E-state index is 0.722. The molecule has 1 aromatic carbocycles. The highest BCUT2D eigenvalue weighted by molar-refractivity contribution is 7.98. The normalized spacial score (nSPS) is 10.4. The molecule has 72 valence electrons. The summed E-state index contributed by atoms with van der Waals surface area (Å²) in [5, 5.41) is 0.853. The highest BCUT2D eigenvalue weighted by Gasteiger charge is 2.00. The van der Waals surface area contributed by atoms with Crippen molar-refractivity contribution in [1.82, 2.24) is 0 Å². The number of thioether (sulfide) groups is 1. The molecule has 0 unspecified atom stereocenters. The molecule has 2 N–H and O–H groups in total. The zero-order valence-corrected chi connectivity index (χ0v) is 9.29. The van der Waals surface area contributed by atoms with Crippen molar-refractivity contribution in [3.05, 3.63) is 28.8 Å². The van der Waals surface area contributed by atoms with Crippen molar-refractivity contribution in [2.75, 3.05) is 12.8 Å². The van der Waals surface area contributed by atoms with E-state index in [2.05, 4.69) is 12.3 Å². The summed E-state index contributed by atoms with van der Waals surface area (Å²) in [6.07, 6.45) is 4.04. The first kappa shape index (κ1) is 10.9. The predicted octanol–water partition coefficient (Wildman–Crippen LogP) is 2.95. The Bertz CT molecular complexity index is 276. The molecule has 0 radical (unpaired) electrons. The highest BCUT2D eigenvalue weighted by atomic mass is 35.5. The maximum absolute atomic E-state index is 6.04. The zero-order chi connectivity index (χ0) is 9.68. The molecular weight excluding hydrogens is 202 g/mol. The summed E-state index contributed by atoms with van der Waals surface area (Å²) >= 11 is 7.77. The van der Waals surface area contributed by atoms with E-state index in [0.717, 1.165) is 24.4 Å². The molecule has 0 atom stereocenters. The minimum atomic E-state index is 0.722. The number of benzene rings is 1. The van der Waals surface area contributed by atoms with Crippen molar-refractivity contribution in [3.63, 3.8) is 0 Å². The number of rotatable bonds is 4. The summed E-state index contributed by atoms with van der Waals surface area (Å²) in [6, 6.07) is 6.14. The van der Waals surface area contributed by atoms with Gasteiger partial charge in [0.05, 0.1) is 0 Å². The topological polar surface area (TPSA) is 26.0 Å². The van der Waals surface area contributed by atoms with E-state index in [-0.39, 0.29) is 0 Å². The molecule has 1 nitrogen and oxygen atoms in total. The van der Waals surface area contributed by atoms with Gasteiger partial charge in [0, 0.05) is 9.92 Å². The maximum Gasteiger partial charge on any atom is 0.0438 e. The molecule has 0 aliphatic carbocycles. The molecular formula is C10H14ClNS. The summed E-state index contributed by atoms with van der Waals surface area (Å²) in [7, 11) is 0. The monoisotopic (exact) mass is 215 g/mol. The van der Waals surface area contributed by atoms with Gasteiger partial charge in [0.2, 0.25) is 0 Å². The summed E-state index contributed by atoms with van der Waals surface area (Å²) in [6.45, 7) is 0.722. The number of halogens is 1. The molecule has 0 saturated heterocycles. The number of aryl methyl sites for hydroxylation is 1. The van der Waals surface area contributed by atoms with Crippen molar-refractivity contribution in [2.45, 2.75) is 17.7 Å². The molecule has 0 bridgehead atoms. The first-order chi connectivity index (χ1) is 6.27. The first-order valence-corrected chi connectivity index (χ1v) is 5.90. The van der Waals surface area contributed by atoms with Gasteiger partial charge in [-0.3, -0.25) is 0 Å². The van der Waals surface area contributed by atoms with Crippen LogP contribution in [0.3, 0.4) is 0 Å². The summed E-state index contributed by atoms with van der Waals surface area (Å²) < 4.78 is 0. The lowest BCUT2D eigenvalue weighted by Crippen LogP contribution is -2.00. The zero-order valence-electron chi connectivity index (χ0n) is 7.72. The van der Waals surface area contributed by atoms with Crippen molar-refractivity contribution >= 4 is 23.4 Å². The van der Waals surface area contributed by atoms with Crippen LogP contribution >= 0.6 is 23.4 Å². The van der Waals surface area contributed by atoms with Crippen LogP contribution in [0.2, 0.25) is 5.02 Å². The van der Waals surface area contributed by atoms with Crippen LogP contribution in [0.5, 0.6) is 0 Å². The van der Waals surface area contributed by atoms with Crippen molar-refractivity contribution in [3.8, 4) is 0 Å². The summed E-state index contributed by atoms with van der Waals surface area (Å²) in [5.74, 6) is 0. The van der Waals surface area contributed by atoms with Crippen LogP contribution in [-0.2, 0) is 6.42 Å². The molecule has 0 saturated carbocycles. The molecule has 0 aliphatic heterocycles. The fourth-order valence-corrected chi connectivity index (χ4v) is 1.84. The predicted molar refractivity (Wildman–Crippen MR) is 60.6 cm³/mol. The van der Waals surface area contributed by atoms with Gasteiger partial charge >= 0.3 is 0 Å². The second-order valence-electron chi connectivity index (χ2n) is 2.85. The molecule has 1 rings (SSSR count). The number of hydrogen-bond acceptors (Lipinski definition) is 2. The van der Waals surface area contributed by atoms with Gasteiger partial charge in [0.25, 0.3) is 0 Å². The molecule has 13 heavy (non-hydrogen) atoms. The molecule has 1 aromatic rings. The largest absolute Gasteiger partial charge is 0.330 e. The lowest BCUT2D eigenvalue weighted by atomic mass is 10.1. The van der Waals surface area contributed by atoms with E-state index in [1.807, 2.05) is 12.1 Å². The van der Waals surface area contributed by atoms with Crippen LogP contribution in [0.4, 0.5) is 0 Å². The Morgan fingerprint density at radius 1 is 1.46 bits per heavy atom. The Morgan fingerprint density at radius 3 is 2.85 bits per heavy atom. The van der Waals surface area contributed by atoms with Crippen LogP contribution < -0.4 is 5.73 Å². The molecule has 0 heterocycles. The fraction of sp³-hybridized carbons (Fsp3) is 0.400. The molecule has 0 fully saturated rings. The second kappa shape index (κ2) is 5.53. The van der Waals surface area contributed by atoms with Crippen LogP contribution in [0, 0.1) is 0 Å². The highest BCUT2D eigenvalue weighted by Crippen LogP contribution is 2.23. The van der Waals surface area contributed by atoms with Gasteiger partial charge in [-0.05, 0) is 49.4 Å². The third kappa shape index (κ3) is 3.22. The van der Waals surface area contributed by atoms with Crippen LogP contribution in [0.1, 0.15) is 12.0 Å². The van der Waals surface area contributed by atoms with Crippen molar-refractivity contribution in [2.24, 2.45) is 5.73 Å². The Balaban J connectivity index is 2.78. The van der Waals surface area contributed by atoms with E-state index < -0.39 is 0 Å². The third-order valence-corrected chi connectivity index (χ3v) is 3.00. The van der Waals surface area contributed by atoms with E-state index in [1.54, 1.807) is 11.8 Å². The van der Waals surface area contributed by atoms with E-state index in [9.17, 15) is 0 Å². The van der Waals surface area contributed by atoms with Gasteiger partial charge in [-0.2, -0.15) is 0 Å². The summed E-state index contributed by atoms with van der Waals surface area (Å²) in [5.41, 5.74) is 6.66. The van der Waals surface area contributed by atoms with Crippen LogP contribution in [0.15, 0.2) is 23.1 Å². The van der Waals surface area contributed by atoms with E-state index in [1.165, 1.54) is 10.5 Å². The van der Waals surface area contributed by atoms with E-state index in [0.29, 0.717) is 0 Å². The Morgan fingerprint density at radius 2 is 2.23 bits per heavy atom. The second-order valence-corrected chi connectivity index (χ2v) is 4.14. The van der Waals surface area contributed by atoms with Gasteiger partial charge in [-0.25, -0.2) is 0 Å². The minimum Gasteiger partial charge on any atom is -0.330 e. The first-order valence-electron chi connectivity index (χ1n) is 4.30. The maximum atomic E-state index is 6.04. The number of hydrogen-bond donors (Lipinski definition) is 1. The van der Waals surface area contributed by atoms with E-state index in [4.69, 9.17) is 17.3 Å². The van der Waals surface area contributed by atoms with Gasteiger partial charge in [-0.1, -0.05) is 11.6 Å². The van der Waals surface area contributed by atoms with Gasteiger partial charge in [0.15, 0.2) is 0 Å². The van der Waals surface area contributed by atoms with Crippen LogP contribution in [0.25, 0.3) is 0 Å².